The maximum absolute atomic E-state index is 12.9. The van der Waals surface area contributed by atoms with E-state index in [9.17, 15) is 9.59 Å². The Morgan fingerprint density at radius 3 is 2.81 bits per heavy atom. The van der Waals surface area contributed by atoms with E-state index in [1.165, 1.54) is 21.9 Å². The van der Waals surface area contributed by atoms with E-state index in [-0.39, 0.29) is 11.1 Å². The average molecular weight is 371 g/mol. The van der Waals surface area contributed by atoms with Gasteiger partial charge in [-0.1, -0.05) is 29.8 Å². The van der Waals surface area contributed by atoms with Gasteiger partial charge < -0.3 is 10.1 Å². The van der Waals surface area contributed by atoms with Crippen molar-refractivity contribution in [3.8, 4) is 11.3 Å². The second kappa shape index (κ2) is 8.25. The van der Waals surface area contributed by atoms with Gasteiger partial charge in [-0.25, -0.2) is 4.98 Å². The lowest BCUT2D eigenvalue weighted by Crippen LogP contribution is -2.32. The molecule has 0 fully saturated rings. The molecule has 1 amide bonds. The van der Waals surface area contributed by atoms with E-state index in [4.69, 9.17) is 4.74 Å². The predicted octanol–water partition coefficient (Wildman–Crippen LogP) is 2.89. The van der Waals surface area contributed by atoms with E-state index in [0.717, 1.165) is 16.8 Å². The Morgan fingerprint density at radius 1 is 1.31 bits per heavy atom. The molecule has 136 valence electrons. The van der Waals surface area contributed by atoms with Crippen LogP contribution in [0.3, 0.4) is 0 Å². The highest BCUT2D eigenvalue weighted by Crippen LogP contribution is 2.24. The normalized spacial score (nSPS) is 11.0. The van der Waals surface area contributed by atoms with Crippen molar-refractivity contribution in [1.82, 2.24) is 14.7 Å². The largest absolute Gasteiger partial charge is 0.382 e. The number of benzene rings is 1. The molecule has 1 N–H and O–H groups in total. The SMILES string of the molecule is CCOCCCNC(=O)c1cnc2scc(-c3ccc(C)cc3)n2c1=O. The van der Waals surface area contributed by atoms with Crippen molar-refractivity contribution in [3.05, 3.63) is 57.3 Å². The lowest BCUT2D eigenvalue weighted by atomic mass is 10.1. The fraction of sp³-hybridized carbons (Fsp3) is 0.316. The summed E-state index contributed by atoms with van der Waals surface area (Å²) >= 11 is 1.38. The number of aromatic nitrogens is 2. The summed E-state index contributed by atoms with van der Waals surface area (Å²) in [6, 6.07) is 7.91. The number of carbonyl (C=O) groups excluding carboxylic acids is 1. The molecular formula is C19H21N3O3S. The van der Waals surface area contributed by atoms with Crippen LogP contribution in [0.5, 0.6) is 0 Å². The zero-order valence-electron chi connectivity index (χ0n) is 14.8. The van der Waals surface area contributed by atoms with Crippen molar-refractivity contribution in [2.24, 2.45) is 0 Å². The summed E-state index contributed by atoms with van der Waals surface area (Å²) in [7, 11) is 0. The minimum absolute atomic E-state index is 0.0469. The molecule has 0 aliphatic carbocycles. The van der Waals surface area contributed by atoms with Crippen LogP contribution in [0.25, 0.3) is 16.2 Å². The molecule has 6 nitrogen and oxygen atoms in total. The molecule has 0 spiro atoms. The Balaban J connectivity index is 1.88. The highest BCUT2D eigenvalue weighted by Gasteiger charge is 2.16. The van der Waals surface area contributed by atoms with Crippen LogP contribution in [-0.2, 0) is 4.74 Å². The lowest BCUT2D eigenvalue weighted by Gasteiger charge is -2.06. The van der Waals surface area contributed by atoms with Crippen molar-refractivity contribution in [2.45, 2.75) is 20.3 Å². The fourth-order valence-corrected chi connectivity index (χ4v) is 3.45. The van der Waals surface area contributed by atoms with Gasteiger partial charge in [0, 0.05) is 31.3 Å². The molecule has 0 unspecified atom stereocenters. The minimum atomic E-state index is -0.408. The van der Waals surface area contributed by atoms with Gasteiger partial charge in [-0.2, -0.15) is 0 Å². The Hall–Kier alpha value is -2.51. The van der Waals surface area contributed by atoms with E-state index >= 15 is 0 Å². The number of carbonyl (C=O) groups is 1. The summed E-state index contributed by atoms with van der Waals surface area (Å²) in [5.74, 6) is -0.408. The third-order valence-corrected chi connectivity index (χ3v) is 4.83. The first-order valence-electron chi connectivity index (χ1n) is 8.54. The number of thiazole rings is 1. The van der Waals surface area contributed by atoms with E-state index in [1.54, 1.807) is 0 Å². The molecule has 2 heterocycles. The number of nitrogens with zero attached hydrogens (tertiary/aromatic N) is 2. The summed E-state index contributed by atoms with van der Waals surface area (Å²) in [4.78, 5) is 30.1. The minimum Gasteiger partial charge on any atom is -0.382 e. The number of fused-ring (bicyclic) bond motifs is 1. The molecule has 26 heavy (non-hydrogen) atoms. The molecule has 0 saturated heterocycles. The molecular weight excluding hydrogens is 350 g/mol. The van der Waals surface area contributed by atoms with Gasteiger partial charge in [-0.15, -0.1) is 11.3 Å². The summed E-state index contributed by atoms with van der Waals surface area (Å²) < 4.78 is 6.74. The van der Waals surface area contributed by atoms with Crippen molar-refractivity contribution in [3.63, 3.8) is 0 Å². The van der Waals surface area contributed by atoms with Crippen LogP contribution in [0.4, 0.5) is 0 Å². The Kier molecular flexibility index (Phi) is 5.80. The number of rotatable bonds is 7. The van der Waals surface area contributed by atoms with Gasteiger partial charge in [0.1, 0.15) is 5.56 Å². The van der Waals surface area contributed by atoms with Gasteiger partial charge >= 0.3 is 0 Å². The Morgan fingerprint density at radius 2 is 2.08 bits per heavy atom. The predicted molar refractivity (Wildman–Crippen MR) is 103 cm³/mol. The topological polar surface area (TPSA) is 72.7 Å². The van der Waals surface area contributed by atoms with Crippen LogP contribution >= 0.6 is 11.3 Å². The van der Waals surface area contributed by atoms with Gasteiger partial charge in [0.05, 0.1) is 5.69 Å². The summed E-state index contributed by atoms with van der Waals surface area (Å²) in [6.07, 6.45) is 2.05. The Labute approximate surface area is 155 Å². The zero-order chi connectivity index (χ0) is 18.5. The molecule has 1 aromatic carbocycles. The molecule has 0 aliphatic heterocycles. The standard InChI is InChI=1S/C19H21N3O3S/c1-3-25-10-4-9-20-17(23)15-11-21-19-22(18(15)24)16(12-26-19)14-7-5-13(2)6-8-14/h5-8,11-12H,3-4,9-10H2,1-2H3,(H,20,23). The zero-order valence-corrected chi connectivity index (χ0v) is 15.6. The smallest absolute Gasteiger partial charge is 0.271 e. The monoisotopic (exact) mass is 371 g/mol. The fourth-order valence-electron chi connectivity index (χ4n) is 2.59. The summed E-state index contributed by atoms with van der Waals surface area (Å²) in [5, 5.41) is 4.64. The maximum Gasteiger partial charge on any atom is 0.271 e. The number of amides is 1. The van der Waals surface area contributed by atoms with Crippen molar-refractivity contribution in [2.75, 3.05) is 19.8 Å². The van der Waals surface area contributed by atoms with E-state index in [0.29, 0.717) is 31.1 Å². The first kappa shape index (κ1) is 18.3. The van der Waals surface area contributed by atoms with Crippen molar-refractivity contribution >= 4 is 22.2 Å². The first-order chi connectivity index (χ1) is 12.6. The quantitative estimate of drug-likeness (QED) is 0.648. The van der Waals surface area contributed by atoms with Crippen LogP contribution in [0.15, 0.2) is 40.6 Å². The van der Waals surface area contributed by atoms with Crippen LogP contribution in [-0.4, -0.2) is 35.1 Å². The van der Waals surface area contributed by atoms with Gasteiger partial charge in [0.2, 0.25) is 0 Å². The number of ether oxygens (including phenoxy) is 1. The molecule has 0 saturated carbocycles. The molecule has 2 aromatic heterocycles. The highest BCUT2D eigenvalue weighted by molar-refractivity contribution is 7.15. The number of nitrogens with one attached hydrogen (secondary N) is 1. The van der Waals surface area contributed by atoms with Crippen LogP contribution in [0.1, 0.15) is 29.3 Å². The Bertz CT molecular complexity index is 960. The molecule has 0 bridgehead atoms. The van der Waals surface area contributed by atoms with Gasteiger partial charge in [-0.3, -0.25) is 14.0 Å². The lowest BCUT2D eigenvalue weighted by molar-refractivity contribution is 0.0942. The number of aryl methyl sites for hydroxylation is 1. The third kappa shape index (κ3) is 3.84. The maximum atomic E-state index is 12.9. The average Bonchev–Trinajstić information content (AvgIpc) is 3.07. The van der Waals surface area contributed by atoms with Gasteiger partial charge in [0.15, 0.2) is 4.96 Å². The second-order valence-corrected chi connectivity index (χ2v) is 6.72. The van der Waals surface area contributed by atoms with Crippen molar-refractivity contribution in [1.29, 1.82) is 0 Å². The number of hydrogen-bond donors (Lipinski definition) is 1. The molecule has 0 atom stereocenters. The second-order valence-electron chi connectivity index (χ2n) is 5.89. The first-order valence-corrected chi connectivity index (χ1v) is 9.42. The molecule has 7 heteroatoms. The van der Waals surface area contributed by atoms with Gasteiger partial charge in [-0.05, 0) is 25.8 Å². The van der Waals surface area contributed by atoms with Crippen LogP contribution in [0.2, 0.25) is 0 Å². The van der Waals surface area contributed by atoms with Gasteiger partial charge in [0.25, 0.3) is 11.5 Å². The van der Waals surface area contributed by atoms with E-state index in [1.807, 2.05) is 43.5 Å². The van der Waals surface area contributed by atoms with Crippen molar-refractivity contribution < 1.29 is 9.53 Å². The molecule has 3 rings (SSSR count). The number of hydrogen-bond acceptors (Lipinski definition) is 5. The van der Waals surface area contributed by atoms with Crippen LogP contribution in [0, 0.1) is 6.92 Å². The van der Waals surface area contributed by atoms with Crippen LogP contribution < -0.4 is 10.9 Å². The highest BCUT2D eigenvalue weighted by atomic mass is 32.1. The van der Waals surface area contributed by atoms with E-state index < -0.39 is 5.91 Å². The molecule has 0 radical (unpaired) electrons. The molecule has 3 aromatic rings. The summed E-state index contributed by atoms with van der Waals surface area (Å²) in [5.41, 5.74) is 2.50. The molecule has 0 aliphatic rings. The van der Waals surface area contributed by atoms with E-state index in [2.05, 4.69) is 10.3 Å². The summed E-state index contributed by atoms with van der Waals surface area (Å²) in [6.45, 7) is 5.62. The third-order valence-electron chi connectivity index (χ3n) is 3.99.